The zero-order valence-electron chi connectivity index (χ0n) is 7.56. The maximum Gasteiger partial charge on any atom is 0.137 e. The number of hydrogen-bond donors (Lipinski definition) is 1. The van der Waals surface area contributed by atoms with Crippen LogP contribution >= 0.6 is 15.9 Å². The minimum atomic E-state index is -0.228. The molecule has 0 aliphatic heterocycles. The Morgan fingerprint density at radius 3 is 2.77 bits per heavy atom. The Hall–Kier alpha value is -0.410. The van der Waals surface area contributed by atoms with Crippen molar-refractivity contribution in [1.29, 1.82) is 0 Å². The molecule has 1 aromatic carbocycles. The summed E-state index contributed by atoms with van der Waals surface area (Å²) < 4.78 is 13.3. The molecule has 0 heterocycles. The zero-order chi connectivity index (χ0) is 9.84. The summed E-state index contributed by atoms with van der Waals surface area (Å²) in [6.45, 7) is 2.04. The molecule has 2 N–H and O–H groups in total. The molecule has 13 heavy (non-hydrogen) atoms. The summed E-state index contributed by atoms with van der Waals surface area (Å²) >= 11 is 3.14. The van der Waals surface area contributed by atoms with Crippen molar-refractivity contribution in [2.24, 2.45) is 5.73 Å². The van der Waals surface area contributed by atoms with Gasteiger partial charge in [0.15, 0.2) is 0 Å². The first-order valence-corrected chi connectivity index (χ1v) is 5.12. The molecular formula is C10H13BrFN. The lowest BCUT2D eigenvalue weighted by atomic mass is 10.1. The van der Waals surface area contributed by atoms with Crippen LogP contribution in [0.1, 0.15) is 18.9 Å². The van der Waals surface area contributed by atoms with Crippen LogP contribution in [-0.2, 0) is 6.42 Å². The first-order chi connectivity index (χ1) is 6.13. The summed E-state index contributed by atoms with van der Waals surface area (Å²) in [4.78, 5) is 0. The number of nitrogens with two attached hydrogens (primary N) is 1. The third-order valence-electron chi connectivity index (χ3n) is 2.01. The van der Waals surface area contributed by atoms with Crippen LogP contribution in [0.25, 0.3) is 0 Å². The van der Waals surface area contributed by atoms with Crippen LogP contribution in [0, 0.1) is 5.82 Å². The van der Waals surface area contributed by atoms with Gasteiger partial charge in [0.25, 0.3) is 0 Å². The Kier molecular flexibility index (Phi) is 3.88. The van der Waals surface area contributed by atoms with E-state index in [0.29, 0.717) is 4.47 Å². The van der Waals surface area contributed by atoms with E-state index < -0.39 is 0 Å². The van der Waals surface area contributed by atoms with Crippen LogP contribution in [0.4, 0.5) is 4.39 Å². The number of halogens is 2. The van der Waals surface area contributed by atoms with E-state index in [2.05, 4.69) is 15.9 Å². The van der Waals surface area contributed by atoms with Gasteiger partial charge >= 0.3 is 0 Å². The molecule has 3 heteroatoms. The minimum absolute atomic E-state index is 0.164. The van der Waals surface area contributed by atoms with Crippen LogP contribution in [0.3, 0.4) is 0 Å². The van der Waals surface area contributed by atoms with Gasteiger partial charge in [-0.05, 0) is 46.5 Å². The summed E-state index contributed by atoms with van der Waals surface area (Å²) in [5.41, 5.74) is 6.86. The standard InChI is InChI=1S/C10H13BrFN/c1-2-8(13)5-7-3-4-10(12)9(11)6-7/h3-4,6,8H,2,5,13H2,1H3. The van der Waals surface area contributed by atoms with E-state index in [1.54, 1.807) is 12.1 Å². The van der Waals surface area contributed by atoms with Crippen LogP contribution in [-0.4, -0.2) is 6.04 Å². The van der Waals surface area contributed by atoms with Gasteiger partial charge in [-0.25, -0.2) is 4.39 Å². The van der Waals surface area contributed by atoms with Gasteiger partial charge in [0.2, 0.25) is 0 Å². The number of benzene rings is 1. The topological polar surface area (TPSA) is 26.0 Å². The zero-order valence-corrected chi connectivity index (χ0v) is 9.14. The molecule has 1 nitrogen and oxygen atoms in total. The Labute approximate surface area is 86.3 Å². The van der Waals surface area contributed by atoms with Crippen LogP contribution < -0.4 is 5.73 Å². The highest BCUT2D eigenvalue weighted by molar-refractivity contribution is 9.10. The molecule has 0 bridgehead atoms. The van der Waals surface area contributed by atoms with Crippen LogP contribution in [0.2, 0.25) is 0 Å². The predicted octanol–water partition coefficient (Wildman–Crippen LogP) is 2.87. The minimum Gasteiger partial charge on any atom is -0.327 e. The van der Waals surface area contributed by atoms with Crippen molar-refractivity contribution in [2.75, 3.05) is 0 Å². The van der Waals surface area contributed by atoms with Crippen molar-refractivity contribution in [3.63, 3.8) is 0 Å². The lowest BCUT2D eigenvalue weighted by Gasteiger charge is -2.08. The summed E-state index contributed by atoms with van der Waals surface area (Å²) in [6.07, 6.45) is 1.74. The Morgan fingerprint density at radius 1 is 1.54 bits per heavy atom. The quantitative estimate of drug-likeness (QED) is 0.871. The predicted molar refractivity (Wildman–Crippen MR) is 56.1 cm³/mol. The molecule has 0 fully saturated rings. The lowest BCUT2D eigenvalue weighted by molar-refractivity contribution is 0.615. The first kappa shape index (κ1) is 10.7. The van der Waals surface area contributed by atoms with Crippen molar-refractivity contribution in [1.82, 2.24) is 0 Å². The second-order valence-corrected chi connectivity index (χ2v) is 3.98. The first-order valence-electron chi connectivity index (χ1n) is 4.33. The van der Waals surface area contributed by atoms with E-state index in [0.717, 1.165) is 18.4 Å². The number of hydrogen-bond acceptors (Lipinski definition) is 1. The van der Waals surface area contributed by atoms with E-state index >= 15 is 0 Å². The lowest BCUT2D eigenvalue weighted by Crippen LogP contribution is -2.21. The molecule has 1 aromatic rings. The van der Waals surface area contributed by atoms with Gasteiger partial charge in [-0.15, -0.1) is 0 Å². The summed E-state index contributed by atoms with van der Waals surface area (Å²) in [5.74, 6) is -0.228. The van der Waals surface area contributed by atoms with Crippen molar-refractivity contribution in [2.45, 2.75) is 25.8 Å². The second-order valence-electron chi connectivity index (χ2n) is 3.12. The molecule has 0 saturated carbocycles. The molecule has 0 spiro atoms. The highest BCUT2D eigenvalue weighted by Crippen LogP contribution is 2.17. The summed E-state index contributed by atoms with van der Waals surface area (Å²) in [6, 6.07) is 5.18. The molecule has 0 saturated heterocycles. The van der Waals surface area contributed by atoms with Gasteiger partial charge in [-0.1, -0.05) is 13.0 Å². The van der Waals surface area contributed by atoms with Crippen molar-refractivity contribution in [3.05, 3.63) is 34.1 Å². The monoisotopic (exact) mass is 245 g/mol. The van der Waals surface area contributed by atoms with Gasteiger partial charge in [0.1, 0.15) is 5.82 Å². The van der Waals surface area contributed by atoms with E-state index in [1.807, 2.05) is 6.92 Å². The molecule has 0 amide bonds. The van der Waals surface area contributed by atoms with E-state index in [-0.39, 0.29) is 11.9 Å². The average molecular weight is 246 g/mol. The fourth-order valence-electron chi connectivity index (χ4n) is 1.11. The molecule has 0 aromatic heterocycles. The van der Waals surface area contributed by atoms with Crippen LogP contribution in [0.5, 0.6) is 0 Å². The fourth-order valence-corrected chi connectivity index (χ4v) is 1.54. The Bertz CT molecular complexity index is 288. The van der Waals surface area contributed by atoms with Gasteiger partial charge in [-0.3, -0.25) is 0 Å². The van der Waals surface area contributed by atoms with Gasteiger partial charge in [-0.2, -0.15) is 0 Å². The van der Waals surface area contributed by atoms with E-state index in [9.17, 15) is 4.39 Å². The second kappa shape index (κ2) is 4.72. The third-order valence-corrected chi connectivity index (χ3v) is 2.61. The molecule has 0 aliphatic carbocycles. The Balaban J connectivity index is 2.73. The summed E-state index contributed by atoms with van der Waals surface area (Å²) in [5, 5.41) is 0. The SMILES string of the molecule is CCC(N)Cc1ccc(F)c(Br)c1. The maximum absolute atomic E-state index is 12.8. The van der Waals surface area contributed by atoms with Crippen molar-refractivity contribution in [3.8, 4) is 0 Å². The molecular weight excluding hydrogens is 233 g/mol. The largest absolute Gasteiger partial charge is 0.327 e. The molecule has 1 unspecified atom stereocenters. The number of rotatable bonds is 3. The third kappa shape index (κ3) is 3.08. The van der Waals surface area contributed by atoms with Crippen molar-refractivity contribution >= 4 is 15.9 Å². The van der Waals surface area contributed by atoms with Gasteiger partial charge < -0.3 is 5.73 Å². The van der Waals surface area contributed by atoms with E-state index in [1.165, 1.54) is 6.07 Å². The van der Waals surface area contributed by atoms with Crippen molar-refractivity contribution < 1.29 is 4.39 Å². The molecule has 1 rings (SSSR count). The smallest absolute Gasteiger partial charge is 0.137 e. The molecule has 0 aliphatic rings. The normalized spacial score (nSPS) is 12.9. The van der Waals surface area contributed by atoms with Crippen LogP contribution in [0.15, 0.2) is 22.7 Å². The van der Waals surface area contributed by atoms with Gasteiger partial charge in [0, 0.05) is 6.04 Å². The maximum atomic E-state index is 12.8. The Morgan fingerprint density at radius 2 is 2.23 bits per heavy atom. The molecule has 72 valence electrons. The fraction of sp³-hybridized carbons (Fsp3) is 0.400. The highest BCUT2D eigenvalue weighted by Gasteiger charge is 2.04. The molecule has 0 radical (unpaired) electrons. The summed E-state index contributed by atoms with van der Waals surface area (Å²) in [7, 11) is 0. The van der Waals surface area contributed by atoms with E-state index in [4.69, 9.17) is 5.73 Å². The highest BCUT2D eigenvalue weighted by atomic mass is 79.9. The average Bonchev–Trinajstić information content (AvgIpc) is 2.11. The molecule has 1 atom stereocenters. The van der Waals surface area contributed by atoms with Gasteiger partial charge in [0.05, 0.1) is 4.47 Å².